The number of hydrogen-bond donors (Lipinski definition) is 1. The molecule has 1 aromatic carbocycles. The Morgan fingerprint density at radius 2 is 1.70 bits per heavy atom. The third kappa shape index (κ3) is 5.56. The van der Waals surface area contributed by atoms with Crippen LogP contribution < -0.4 is 5.32 Å². The molecule has 0 aromatic heterocycles. The van der Waals surface area contributed by atoms with Gasteiger partial charge in [0.05, 0.1) is 5.92 Å². The van der Waals surface area contributed by atoms with Gasteiger partial charge < -0.3 is 19.7 Å². The van der Waals surface area contributed by atoms with Crippen molar-refractivity contribution in [3.63, 3.8) is 0 Å². The summed E-state index contributed by atoms with van der Waals surface area (Å²) in [5.74, 6) is -0.873. The van der Waals surface area contributed by atoms with Crippen LogP contribution in [0, 0.1) is 5.92 Å². The Morgan fingerprint density at radius 1 is 1.10 bits per heavy atom. The van der Waals surface area contributed by atoms with Gasteiger partial charge in [0, 0.05) is 18.5 Å². The third-order valence-electron chi connectivity index (χ3n) is 2.76. The number of carbonyl (C=O) groups is 4. The van der Waals surface area contributed by atoms with Crippen LogP contribution in [0.15, 0.2) is 24.3 Å². The molecule has 0 aliphatic carbocycles. The third-order valence-corrected chi connectivity index (χ3v) is 2.76. The van der Waals surface area contributed by atoms with Gasteiger partial charge in [0.15, 0.2) is 0 Å². The fourth-order valence-corrected chi connectivity index (χ4v) is 1.64. The first-order valence-electron chi connectivity index (χ1n) is 6.34. The number of rotatable bonds is 8. The number of amides is 1. The van der Waals surface area contributed by atoms with Crippen molar-refractivity contribution in [1.29, 1.82) is 0 Å². The molecular formula is C15H17NO4. The van der Waals surface area contributed by atoms with E-state index < -0.39 is 5.92 Å². The van der Waals surface area contributed by atoms with Crippen molar-refractivity contribution in [2.75, 3.05) is 5.32 Å². The number of hydrogen-bond acceptors (Lipinski definition) is 4. The minimum atomic E-state index is -0.633. The normalized spacial score (nSPS) is 10.1. The largest absolute Gasteiger partial charge is 0.326 e. The first-order chi connectivity index (χ1) is 9.55. The first-order valence-corrected chi connectivity index (χ1v) is 6.34. The molecule has 0 fully saturated rings. The van der Waals surface area contributed by atoms with Gasteiger partial charge in [0.1, 0.15) is 18.4 Å². The minimum Gasteiger partial charge on any atom is -0.326 e. The fourth-order valence-electron chi connectivity index (χ4n) is 1.64. The minimum absolute atomic E-state index is 0.0238. The Balaban J connectivity index is 2.53. The lowest BCUT2D eigenvalue weighted by molar-refractivity contribution is -0.121. The molecule has 5 heteroatoms. The van der Waals surface area contributed by atoms with E-state index in [1.165, 1.54) is 6.92 Å². The molecule has 1 rings (SSSR count). The molecule has 1 amide bonds. The molecule has 0 atom stereocenters. The molecule has 0 saturated heterocycles. The number of carbonyl (C=O) groups excluding carboxylic acids is 4. The monoisotopic (exact) mass is 275 g/mol. The average molecular weight is 275 g/mol. The van der Waals surface area contributed by atoms with Gasteiger partial charge in [-0.1, -0.05) is 12.1 Å². The van der Waals surface area contributed by atoms with Gasteiger partial charge in [0.2, 0.25) is 5.91 Å². The van der Waals surface area contributed by atoms with Gasteiger partial charge >= 0.3 is 0 Å². The smallest absolute Gasteiger partial charge is 0.224 e. The highest BCUT2D eigenvalue weighted by Gasteiger charge is 2.07. The number of Topliss-reactive ketones (excluding diaryl/α,β-unsaturated/α-hetero) is 1. The summed E-state index contributed by atoms with van der Waals surface area (Å²) in [5.41, 5.74) is 1.46. The molecule has 0 spiro atoms. The second-order valence-electron chi connectivity index (χ2n) is 4.59. The molecule has 0 aliphatic rings. The molecule has 1 aromatic rings. The van der Waals surface area contributed by atoms with Crippen molar-refractivity contribution >= 4 is 30.0 Å². The zero-order valence-corrected chi connectivity index (χ0v) is 11.3. The fraction of sp³-hybridized carbons (Fsp3) is 0.333. The van der Waals surface area contributed by atoms with Gasteiger partial charge in [-0.25, -0.2) is 0 Å². The van der Waals surface area contributed by atoms with Crippen molar-refractivity contribution in [2.24, 2.45) is 5.92 Å². The molecule has 20 heavy (non-hydrogen) atoms. The van der Waals surface area contributed by atoms with E-state index in [4.69, 9.17) is 0 Å². The Hall–Kier alpha value is -2.30. The number of aldehydes is 2. The quantitative estimate of drug-likeness (QED) is 0.576. The van der Waals surface area contributed by atoms with Crippen molar-refractivity contribution in [1.82, 2.24) is 0 Å². The Labute approximate surface area is 117 Å². The molecule has 1 N–H and O–H groups in total. The summed E-state index contributed by atoms with van der Waals surface area (Å²) in [6, 6.07) is 6.91. The highest BCUT2D eigenvalue weighted by Crippen LogP contribution is 2.12. The zero-order valence-electron chi connectivity index (χ0n) is 11.3. The van der Waals surface area contributed by atoms with Crippen molar-refractivity contribution in [2.45, 2.75) is 26.2 Å². The SMILES string of the molecule is CC(=O)CCC(=O)Nc1ccc(CC(C=O)C=O)cc1. The van der Waals surface area contributed by atoms with Crippen molar-refractivity contribution in [3.8, 4) is 0 Å². The molecule has 0 saturated carbocycles. The lowest BCUT2D eigenvalue weighted by Crippen LogP contribution is -2.12. The zero-order chi connectivity index (χ0) is 15.0. The highest BCUT2D eigenvalue weighted by atomic mass is 16.2. The Morgan fingerprint density at radius 3 is 2.20 bits per heavy atom. The predicted molar refractivity (Wildman–Crippen MR) is 74.3 cm³/mol. The van der Waals surface area contributed by atoms with Gasteiger partial charge in [-0.3, -0.25) is 4.79 Å². The maximum absolute atomic E-state index is 11.5. The van der Waals surface area contributed by atoms with Crippen LogP contribution in [-0.2, 0) is 25.6 Å². The van der Waals surface area contributed by atoms with Gasteiger partial charge in [0.25, 0.3) is 0 Å². The summed E-state index contributed by atoms with van der Waals surface area (Å²) < 4.78 is 0. The predicted octanol–water partition coefficient (Wildman–Crippen LogP) is 1.55. The average Bonchev–Trinajstić information content (AvgIpc) is 2.44. The van der Waals surface area contributed by atoms with Crippen LogP contribution in [0.3, 0.4) is 0 Å². The molecule has 106 valence electrons. The second-order valence-corrected chi connectivity index (χ2v) is 4.59. The summed E-state index contributed by atoms with van der Waals surface area (Å²) >= 11 is 0. The van der Waals surface area contributed by atoms with Gasteiger partial charge in [-0.2, -0.15) is 0 Å². The molecular weight excluding hydrogens is 258 g/mol. The summed E-state index contributed by atoms with van der Waals surface area (Å²) in [4.78, 5) is 43.4. The number of benzene rings is 1. The molecule has 0 heterocycles. The lowest BCUT2D eigenvalue weighted by Gasteiger charge is -2.07. The van der Waals surface area contributed by atoms with E-state index in [9.17, 15) is 19.2 Å². The molecule has 0 radical (unpaired) electrons. The highest BCUT2D eigenvalue weighted by molar-refractivity contribution is 5.93. The standard InChI is InChI=1S/C15H17NO4/c1-11(19)2-7-15(20)16-14-5-3-12(4-6-14)8-13(9-17)10-18/h3-6,9-10,13H,2,7-8H2,1H3,(H,16,20). The number of ketones is 1. The molecule has 5 nitrogen and oxygen atoms in total. The number of anilines is 1. The first kappa shape index (κ1) is 15.8. The Bertz CT molecular complexity index is 485. The van der Waals surface area contributed by atoms with Gasteiger partial charge in [-0.05, 0) is 31.0 Å². The van der Waals surface area contributed by atoms with E-state index in [0.29, 0.717) is 24.7 Å². The van der Waals surface area contributed by atoms with E-state index in [1.807, 2.05) is 0 Å². The summed E-state index contributed by atoms with van der Waals surface area (Å²) in [6.45, 7) is 1.44. The van der Waals surface area contributed by atoms with Crippen LogP contribution in [0.2, 0.25) is 0 Å². The van der Waals surface area contributed by atoms with Crippen molar-refractivity contribution in [3.05, 3.63) is 29.8 Å². The molecule has 0 bridgehead atoms. The summed E-state index contributed by atoms with van der Waals surface area (Å²) in [7, 11) is 0. The Kier molecular flexibility index (Phi) is 6.29. The lowest BCUT2D eigenvalue weighted by atomic mass is 10.0. The second kappa shape index (κ2) is 7.99. The summed E-state index contributed by atoms with van der Waals surface area (Å²) in [5, 5.41) is 2.68. The van der Waals surface area contributed by atoms with E-state index in [2.05, 4.69) is 5.32 Å². The van der Waals surface area contributed by atoms with Crippen LogP contribution in [0.5, 0.6) is 0 Å². The van der Waals surface area contributed by atoms with E-state index >= 15 is 0 Å². The maximum Gasteiger partial charge on any atom is 0.224 e. The van der Waals surface area contributed by atoms with Crippen molar-refractivity contribution < 1.29 is 19.2 Å². The van der Waals surface area contributed by atoms with Crippen LogP contribution in [0.4, 0.5) is 5.69 Å². The van der Waals surface area contributed by atoms with Crippen LogP contribution >= 0.6 is 0 Å². The van der Waals surface area contributed by atoms with Crippen LogP contribution in [0.1, 0.15) is 25.3 Å². The van der Waals surface area contributed by atoms with E-state index in [-0.39, 0.29) is 24.5 Å². The van der Waals surface area contributed by atoms with Crippen LogP contribution in [-0.4, -0.2) is 24.3 Å². The topological polar surface area (TPSA) is 80.3 Å². The maximum atomic E-state index is 11.5. The van der Waals surface area contributed by atoms with E-state index in [0.717, 1.165) is 5.56 Å². The van der Waals surface area contributed by atoms with E-state index in [1.54, 1.807) is 24.3 Å². The number of nitrogens with one attached hydrogen (secondary N) is 1. The molecule has 0 aliphatic heterocycles. The van der Waals surface area contributed by atoms with Crippen LogP contribution in [0.25, 0.3) is 0 Å². The van der Waals surface area contributed by atoms with Gasteiger partial charge in [-0.15, -0.1) is 0 Å². The summed E-state index contributed by atoms with van der Waals surface area (Å²) in [6.07, 6.45) is 1.97. The molecule has 0 unspecified atom stereocenters.